The summed E-state index contributed by atoms with van der Waals surface area (Å²) in [5, 5.41) is 15.2. The van der Waals surface area contributed by atoms with E-state index in [1.165, 1.54) is 0 Å². The Kier molecular flexibility index (Phi) is 10.6. The number of unbranched alkanes of at least 4 members (excludes halogenated alkanes) is 1. The van der Waals surface area contributed by atoms with Crippen molar-refractivity contribution in [2.45, 2.75) is 58.0 Å². The highest BCUT2D eigenvalue weighted by molar-refractivity contribution is 7.80. The van der Waals surface area contributed by atoms with Gasteiger partial charge >= 0.3 is 0 Å². The highest BCUT2D eigenvalue weighted by atomic mass is 32.1. The molecular weight excluding hydrogens is 446 g/mol. The summed E-state index contributed by atoms with van der Waals surface area (Å²) in [6.45, 7) is 6.39. The maximum Gasteiger partial charge on any atom is 0.257 e. The Balaban J connectivity index is 1.77. The maximum absolute atomic E-state index is 12.5. The van der Waals surface area contributed by atoms with Crippen molar-refractivity contribution in [2.24, 2.45) is 0 Å². The first-order valence-corrected chi connectivity index (χ1v) is 12.0. The molecular formula is C26H37N5O2S. The van der Waals surface area contributed by atoms with Crippen LogP contribution in [0.5, 0.6) is 0 Å². The summed E-state index contributed by atoms with van der Waals surface area (Å²) in [5.41, 5.74) is 3.17. The van der Waals surface area contributed by atoms with Crippen molar-refractivity contribution in [3.8, 4) is 0 Å². The second-order valence-electron chi connectivity index (χ2n) is 9.24. The quantitative estimate of drug-likeness (QED) is 0.196. The van der Waals surface area contributed by atoms with E-state index in [9.17, 15) is 9.59 Å². The van der Waals surface area contributed by atoms with Gasteiger partial charge in [-0.3, -0.25) is 14.9 Å². The number of rotatable bonds is 10. The molecule has 0 saturated heterocycles. The Morgan fingerprint density at radius 3 is 1.94 bits per heavy atom. The molecule has 0 aliphatic heterocycles. The first-order valence-electron chi connectivity index (χ1n) is 11.6. The second-order valence-corrected chi connectivity index (χ2v) is 9.65. The molecule has 34 heavy (non-hydrogen) atoms. The summed E-state index contributed by atoms with van der Waals surface area (Å²) in [5.74, 6) is -0.274. The molecule has 0 saturated carbocycles. The monoisotopic (exact) mass is 483 g/mol. The van der Waals surface area contributed by atoms with E-state index in [1.807, 2.05) is 26.2 Å². The summed E-state index contributed by atoms with van der Waals surface area (Å²) >= 11 is 5.27. The van der Waals surface area contributed by atoms with Gasteiger partial charge in [-0.05, 0) is 86.5 Å². The number of carbonyl (C=O) groups excluding carboxylic acids is 2. The van der Waals surface area contributed by atoms with Crippen molar-refractivity contribution in [1.29, 1.82) is 0 Å². The first kappa shape index (κ1) is 27.4. The number of amides is 2. The van der Waals surface area contributed by atoms with Gasteiger partial charge < -0.3 is 21.3 Å². The van der Waals surface area contributed by atoms with Crippen molar-refractivity contribution in [3.63, 3.8) is 0 Å². The van der Waals surface area contributed by atoms with Gasteiger partial charge in [0.2, 0.25) is 5.91 Å². The van der Waals surface area contributed by atoms with Gasteiger partial charge in [0, 0.05) is 23.4 Å². The third-order valence-corrected chi connectivity index (χ3v) is 5.71. The molecule has 0 radical (unpaired) electrons. The topological polar surface area (TPSA) is 94.3 Å². The fourth-order valence-corrected chi connectivity index (χ4v) is 3.60. The van der Waals surface area contributed by atoms with Crippen LogP contribution in [0.4, 0.5) is 11.4 Å². The SMILES string of the molecule is CNC(CCCCC(=O)Nc1ccc(NC(=S)NC(=O)c2ccc(C(C)(C)C)cc2)cc1)NC. The average molecular weight is 484 g/mol. The molecule has 0 spiro atoms. The fourth-order valence-electron chi connectivity index (χ4n) is 3.39. The van der Waals surface area contributed by atoms with Gasteiger partial charge in [0.25, 0.3) is 5.91 Å². The smallest absolute Gasteiger partial charge is 0.257 e. The van der Waals surface area contributed by atoms with Gasteiger partial charge in [0.1, 0.15) is 0 Å². The van der Waals surface area contributed by atoms with Crippen LogP contribution in [0.25, 0.3) is 0 Å². The van der Waals surface area contributed by atoms with E-state index in [4.69, 9.17) is 12.2 Å². The molecule has 5 N–H and O–H groups in total. The molecule has 2 aromatic rings. The van der Waals surface area contributed by atoms with E-state index in [2.05, 4.69) is 47.4 Å². The van der Waals surface area contributed by atoms with E-state index in [0.717, 1.165) is 30.5 Å². The van der Waals surface area contributed by atoms with Crippen molar-refractivity contribution in [2.75, 3.05) is 24.7 Å². The molecule has 8 heteroatoms. The van der Waals surface area contributed by atoms with Crippen LogP contribution in [0.2, 0.25) is 0 Å². The lowest BCUT2D eigenvalue weighted by Crippen LogP contribution is -2.37. The molecule has 2 amide bonds. The predicted octanol–water partition coefficient (Wildman–Crippen LogP) is 4.37. The van der Waals surface area contributed by atoms with Crippen LogP contribution in [0.3, 0.4) is 0 Å². The summed E-state index contributed by atoms with van der Waals surface area (Å²) in [4.78, 5) is 24.6. The maximum atomic E-state index is 12.5. The fraction of sp³-hybridized carbons (Fsp3) is 0.423. The van der Waals surface area contributed by atoms with Crippen LogP contribution in [0.1, 0.15) is 62.4 Å². The minimum atomic E-state index is -0.266. The zero-order chi connectivity index (χ0) is 25.1. The number of nitrogens with one attached hydrogen (secondary N) is 5. The Morgan fingerprint density at radius 1 is 0.853 bits per heavy atom. The average Bonchev–Trinajstić information content (AvgIpc) is 2.80. The molecule has 184 valence electrons. The summed E-state index contributed by atoms with van der Waals surface area (Å²) in [7, 11) is 3.83. The number of carbonyl (C=O) groups is 2. The Morgan fingerprint density at radius 2 is 1.41 bits per heavy atom. The summed E-state index contributed by atoms with van der Waals surface area (Å²) in [6.07, 6.45) is 3.52. The lowest BCUT2D eigenvalue weighted by atomic mass is 9.87. The standard InChI is InChI=1S/C26H37N5O2S/c1-26(2,3)19-12-10-18(11-13-19)24(33)31-25(34)30-21-16-14-20(15-17-21)29-23(32)9-7-6-8-22(27-4)28-5/h10-17,22,27-28H,6-9H2,1-5H3,(H,29,32)(H2,30,31,33,34). The van der Waals surface area contributed by atoms with E-state index in [0.29, 0.717) is 17.7 Å². The van der Waals surface area contributed by atoms with Crippen molar-refractivity contribution < 1.29 is 9.59 Å². The Hall–Kier alpha value is -2.81. The summed E-state index contributed by atoms with van der Waals surface area (Å²) < 4.78 is 0. The van der Waals surface area contributed by atoms with Gasteiger partial charge in [0.15, 0.2) is 5.11 Å². The van der Waals surface area contributed by atoms with E-state index in [-0.39, 0.29) is 28.5 Å². The van der Waals surface area contributed by atoms with Gasteiger partial charge in [-0.15, -0.1) is 0 Å². The summed E-state index contributed by atoms with van der Waals surface area (Å²) in [6, 6.07) is 14.7. The van der Waals surface area contributed by atoms with Gasteiger partial charge in [-0.25, -0.2) is 0 Å². The van der Waals surface area contributed by atoms with Crippen LogP contribution in [-0.2, 0) is 10.2 Å². The zero-order valence-corrected chi connectivity index (χ0v) is 21.6. The molecule has 0 heterocycles. The molecule has 7 nitrogen and oxygen atoms in total. The third kappa shape index (κ3) is 9.21. The molecule has 0 atom stereocenters. The number of hydrogen-bond donors (Lipinski definition) is 5. The minimum absolute atomic E-state index is 0.00793. The minimum Gasteiger partial charge on any atom is -0.332 e. The van der Waals surface area contributed by atoms with Crippen LogP contribution in [-0.4, -0.2) is 37.2 Å². The zero-order valence-electron chi connectivity index (χ0n) is 20.7. The van der Waals surface area contributed by atoms with Gasteiger partial charge in [-0.2, -0.15) is 0 Å². The van der Waals surface area contributed by atoms with Gasteiger partial charge in [-0.1, -0.05) is 39.3 Å². The lowest BCUT2D eigenvalue weighted by molar-refractivity contribution is -0.116. The predicted molar refractivity (Wildman–Crippen MR) is 144 cm³/mol. The van der Waals surface area contributed by atoms with E-state index in [1.54, 1.807) is 36.4 Å². The van der Waals surface area contributed by atoms with Crippen LogP contribution < -0.4 is 26.6 Å². The van der Waals surface area contributed by atoms with E-state index < -0.39 is 0 Å². The molecule has 0 fully saturated rings. The molecule has 0 bridgehead atoms. The van der Waals surface area contributed by atoms with Crippen LogP contribution in [0, 0.1) is 0 Å². The highest BCUT2D eigenvalue weighted by Gasteiger charge is 2.15. The molecule has 0 aromatic heterocycles. The number of thiocarbonyl (C=S) groups is 1. The normalized spacial score (nSPS) is 11.2. The third-order valence-electron chi connectivity index (χ3n) is 5.51. The Labute approximate surface area is 208 Å². The Bertz CT molecular complexity index is 949. The van der Waals surface area contributed by atoms with Crippen molar-refractivity contribution >= 4 is 40.5 Å². The molecule has 0 unspecified atom stereocenters. The molecule has 0 aliphatic rings. The first-order chi connectivity index (χ1) is 16.1. The van der Waals surface area contributed by atoms with Gasteiger partial charge in [0.05, 0.1) is 6.17 Å². The molecule has 0 aliphatic carbocycles. The number of benzene rings is 2. The van der Waals surface area contributed by atoms with E-state index >= 15 is 0 Å². The number of anilines is 2. The number of hydrogen-bond acceptors (Lipinski definition) is 5. The highest BCUT2D eigenvalue weighted by Crippen LogP contribution is 2.22. The largest absolute Gasteiger partial charge is 0.332 e. The van der Waals surface area contributed by atoms with Crippen molar-refractivity contribution in [3.05, 3.63) is 59.7 Å². The second kappa shape index (κ2) is 13.2. The van der Waals surface area contributed by atoms with Crippen LogP contribution >= 0.6 is 12.2 Å². The van der Waals surface area contributed by atoms with Crippen LogP contribution in [0.15, 0.2) is 48.5 Å². The van der Waals surface area contributed by atoms with Crippen molar-refractivity contribution in [1.82, 2.24) is 16.0 Å². The lowest BCUT2D eigenvalue weighted by Gasteiger charge is -2.19. The molecule has 2 aromatic carbocycles. The molecule has 2 rings (SSSR count).